The number of halogens is 3. The van der Waals surface area contributed by atoms with Gasteiger partial charge in [0.05, 0.1) is 15.6 Å². The van der Waals surface area contributed by atoms with Crippen LogP contribution < -0.4 is 15.0 Å². The zero-order valence-corrected chi connectivity index (χ0v) is 20.3. The molecule has 0 bridgehead atoms. The maximum absolute atomic E-state index is 13.2. The SMILES string of the molecule is O=C1NC(=O)N(c2cccc(Cl)c2)C(=O)/C1=C/c1cc(Cl)cc(Cl)c1OCc1ccc([N+](=O)[O-])cc1. The first-order valence-electron chi connectivity index (χ1n) is 10.2. The van der Waals surface area contributed by atoms with Crippen molar-refractivity contribution >= 4 is 70.1 Å². The van der Waals surface area contributed by atoms with Gasteiger partial charge in [0.25, 0.3) is 17.5 Å². The summed E-state index contributed by atoms with van der Waals surface area (Å²) in [6.07, 6.45) is 1.21. The number of ether oxygens (including phenoxy) is 1. The maximum Gasteiger partial charge on any atom is 0.335 e. The largest absolute Gasteiger partial charge is 0.487 e. The van der Waals surface area contributed by atoms with E-state index in [9.17, 15) is 24.5 Å². The Morgan fingerprint density at radius 2 is 1.69 bits per heavy atom. The molecule has 1 saturated heterocycles. The number of rotatable bonds is 6. The highest BCUT2D eigenvalue weighted by Gasteiger charge is 2.37. The van der Waals surface area contributed by atoms with Crippen molar-refractivity contribution in [3.05, 3.63) is 103 Å². The van der Waals surface area contributed by atoms with E-state index in [-0.39, 0.29) is 44.9 Å². The fourth-order valence-electron chi connectivity index (χ4n) is 3.37. The third kappa shape index (κ3) is 5.33. The fraction of sp³-hybridized carbons (Fsp3) is 0.0417. The van der Waals surface area contributed by atoms with Crippen LogP contribution in [0.5, 0.6) is 5.75 Å². The predicted octanol–water partition coefficient (Wildman–Crippen LogP) is 5.80. The standard InChI is InChI=1S/C24H14Cl3N3O6/c25-15-2-1-3-18(10-15)29-23(32)19(22(31)28-24(29)33)9-14-8-16(26)11-20(27)21(14)36-12-13-4-6-17(7-5-13)30(34)35/h1-11H,12H2,(H,28,31,33)/b19-9+. The first-order valence-corrected chi connectivity index (χ1v) is 11.3. The Balaban J connectivity index is 1.68. The van der Waals surface area contributed by atoms with Crippen molar-refractivity contribution in [1.82, 2.24) is 5.32 Å². The Hall–Kier alpha value is -3.92. The van der Waals surface area contributed by atoms with Crippen LogP contribution >= 0.6 is 34.8 Å². The number of hydrogen-bond acceptors (Lipinski definition) is 6. The van der Waals surface area contributed by atoms with Crippen molar-refractivity contribution in [3.8, 4) is 5.75 Å². The highest BCUT2D eigenvalue weighted by Crippen LogP contribution is 2.35. The Morgan fingerprint density at radius 3 is 2.36 bits per heavy atom. The summed E-state index contributed by atoms with van der Waals surface area (Å²) in [7, 11) is 0. The molecule has 1 aliphatic rings. The molecule has 0 spiro atoms. The highest BCUT2D eigenvalue weighted by molar-refractivity contribution is 6.40. The summed E-state index contributed by atoms with van der Waals surface area (Å²) >= 11 is 18.5. The Morgan fingerprint density at radius 1 is 0.972 bits per heavy atom. The number of imide groups is 2. The van der Waals surface area contributed by atoms with E-state index in [1.807, 2.05) is 0 Å². The van der Waals surface area contributed by atoms with Crippen LogP contribution in [0.4, 0.5) is 16.2 Å². The minimum absolute atomic E-state index is 0.0250. The van der Waals surface area contributed by atoms with Gasteiger partial charge in [-0.25, -0.2) is 9.69 Å². The molecule has 1 aliphatic heterocycles. The summed E-state index contributed by atoms with van der Waals surface area (Å²) in [5.41, 5.74) is 0.535. The number of carbonyl (C=O) groups excluding carboxylic acids is 3. The molecule has 182 valence electrons. The number of barbiturate groups is 1. The number of nitro groups is 1. The van der Waals surface area contributed by atoms with Gasteiger partial charge in [-0.15, -0.1) is 0 Å². The van der Waals surface area contributed by atoms with Gasteiger partial charge in [-0.05, 0) is 54.1 Å². The quantitative estimate of drug-likeness (QED) is 0.181. The van der Waals surface area contributed by atoms with Gasteiger partial charge >= 0.3 is 6.03 Å². The van der Waals surface area contributed by atoms with E-state index in [2.05, 4.69) is 5.32 Å². The number of amides is 4. The third-order valence-electron chi connectivity index (χ3n) is 5.04. The molecule has 36 heavy (non-hydrogen) atoms. The Kier molecular flexibility index (Phi) is 7.25. The molecule has 0 radical (unpaired) electrons. The molecule has 0 aliphatic carbocycles. The van der Waals surface area contributed by atoms with Gasteiger partial charge in [-0.2, -0.15) is 0 Å². The molecule has 0 aromatic heterocycles. The molecule has 1 heterocycles. The number of non-ortho nitro benzene ring substituents is 1. The van der Waals surface area contributed by atoms with Crippen molar-refractivity contribution in [2.45, 2.75) is 6.61 Å². The lowest BCUT2D eigenvalue weighted by atomic mass is 10.1. The second-order valence-corrected chi connectivity index (χ2v) is 8.74. The minimum atomic E-state index is -0.928. The summed E-state index contributed by atoms with van der Waals surface area (Å²) in [6, 6.07) is 13.7. The predicted molar refractivity (Wildman–Crippen MR) is 134 cm³/mol. The molecule has 3 aromatic carbocycles. The molecule has 0 unspecified atom stereocenters. The molecule has 1 fully saturated rings. The van der Waals surface area contributed by atoms with Crippen LogP contribution in [0.15, 0.2) is 66.2 Å². The lowest BCUT2D eigenvalue weighted by molar-refractivity contribution is -0.384. The molecule has 4 rings (SSSR count). The monoisotopic (exact) mass is 545 g/mol. The van der Waals surface area contributed by atoms with Gasteiger partial charge in [0.15, 0.2) is 0 Å². The molecule has 0 saturated carbocycles. The number of nitrogens with zero attached hydrogens (tertiary/aromatic N) is 2. The average molecular weight is 547 g/mol. The highest BCUT2D eigenvalue weighted by atomic mass is 35.5. The van der Waals surface area contributed by atoms with E-state index in [1.165, 1.54) is 54.6 Å². The molecular formula is C24H14Cl3N3O6. The summed E-state index contributed by atoms with van der Waals surface area (Å²) in [5.74, 6) is -1.69. The van der Waals surface area contributed by atoms with E-state index in [0.717, 1.165) is 4.90 Å². The Labute approximate surface area is 219 Å². The number of hydrogen-bond donors (Lipinski definition) is 1. The fourth-order valence-corrected chi connectivity index (χ4v) is 4.12. The first kappa shape index (κ1) is 25.2. The van der Waals surface area contributed by atoms with Crippen molar-refractivity contribution < 1.29 is 24.0 Å². The molecule has 4 amide bonds. The summed E-state index contributed by atoms with van der Waals surface area (Å²) in [6.45, 7) is -0.0250. The van der Waals surface area contributed by atoms with E-state index < -0.39 is 22.8 Å². The second kappa shape index (κ2) is 10.4. The normalized spacial score (nSPS) is 14.7. The first-order chi connectivity index (χ1) is 17.1. The smallest absolute Gasteiger partial charge is 0.335 e. The van der Waals surface area contributed by atoms with E-state index in [4.69, 9.17) is 39.5 Å². The van der Waals surface area contributed by atoms with Crippen molar-refractivity contribution in [1.29, 1.82) is 0 Å². The third-order valence-corrected chi connectivity index (χ3v) is 5.77. The summed E-state index contributed by atoms with van der Waals surface area (Å²) in [4.78, 5) is 49.3. The van der Waals surface area contributed by atoms with Crippen LogP contribution in [-0.2, 0) is 16.2 Å². The molecule has 9 nitrogen and oxygen atoms in total. The van der Waals surface area contributed by atoms with Crippen molar-refractivity contribution in [3.63, 3.8) is 0 Å². The van der Waals surface area contributed by atoms with Gasteiger partial charge < -0.3 is 4.74 Å². The van der Waals surface area contributed by atoms with Crippen LogP contribution in [0.25, 0.3) is 6.08 Å². The van der Waals surface area contributed by atoms with Gasteiger partial charge in [0.2, 0.25) is 0 Å². The molecule has 1 N–H and O–H groups in total. The molecular weight excluding hydrogens is 533 g/mol. The van der Waals surface area contributed by atoms with Gasteiger partial charge in [0, 0.05) is 27.7 Å². The van der Waals surface area contributed by atoms with Crippen LogP contribution in [-0.4, -0.2) is 22.8 Å². The number of benzene rings is 3. The maximum atomic E-state index is 13.2. The summed E-state index contributed by atoms with van der Waals surface area (Å²) < 4.78 is 5.82. The average Bonchev–Trinajstić information content (AvgIpc) is 2.81. The number of carbonyl (C=O) groups is 3. The van der Waals surface area contributed by atoms with Gasteiger partial charge in [0.1, 0.15) is 17.9 Å². The van der Waals surface area contributed by atoms with Crippen LogP contribution in [0.2, 0.25) is 15.1 Å². The zero-order chi connectivity index (χ0) is 26.0. The van der Waals surface area contributed by atoms with E-state index in [1.54, 1.807) is 12.1 Å². The minimum Gasteiger partial charge on any atom is -0.487 e. The number of nitro benzene ring substituents is 1. The van der Waals surface area contributed by atoms with Crippen LogP contribution in [0.1, 0.15) is 11.1 Å². The van der Waals surface area contributed by atoms with Crippen molar-refractivity contribution in [2.75, 3.05) is 4.90 Å². The lowest BCUT2D eigenvalue weighted by Gasteiger charge is -2.26. The number of urea groups is 1. The lowest BCUT2D eigenvalue weighted by Crippen LogP contribution is -2.54. The number of anilines is 1. The van der Waals surface area contributed by atoms with E-state index >= 15 is 0 Å². The molecule has 0 atom stereocenters. The van der Waals surface area contributed by atoms with Gasteiger partial charge in [-0.1, -0.05) is 40.9 Å². The van der Waals surface area contributed by atoms with E-state index in [0.29, 0.717) is 10.6 Å². The van der Waals surface area contributed by atoms with Crippen LogP contribution in [0, 0.1) is 10.1 Å². The van der Waals surface area contributed by atoms with Crippen LogP contribution in [0.3, 0.4) is 0 Å². The molecule has 12 heteroatoms. The Bertz CT molecular complexity index is 1440. The topological polar surface area (TPSA) is 119 Å². The van der Waals surface area contributed by atoms with Crippen molar-refractivity contribution in [2.24, 2.45) is 0 Å². The second-order valence-electron chi connectivity index (χ2n) is 7.46. The number of nitrogens with one attached hydrogen (secondary N) is 1. The molecule has 3 aromatic rings. The van der Waals surface area contributed by atoms with Gasteiger partial charge in [-0.3, -0.25) is 25.0 Å². The zero-order valence-electron chi connectivity index (χ0n) is 18.0. The summed E-state index contributed by atoms with van der Waals surface area (Å²) in [5, 5.41) is 13.6.